The lowest BCUT2D eigenvalue weighted by molar-refractivity contribution is -0.178. The number of likely N-dealkylation sites (N-methyl/N-ethyl adjacent to an activating group) is 4. The van der Waals surface area contributed by atoms with E-state index in [0.717, 1.165) is 14.0 Å². The Kier molecular flexibility index (Phi) is 24.9. The van der Waals surface area contributed by atoms with Crippen molar-refractivity contribution in [3.8, 4) is 0 Å². The third-order valence-corrected chi connectivity index (χ3v) is 17.3. The van der Waals surface area contributed by atoms with Gasteiger partial charge in [0, 0.05) is 94.2 Å². The number of carbonyl (C=O) groups is 9. The van der Waals surface area contributed by atoms with Gasteiger partial charge >= 0.3 is 5.97 Å². The summed E-state index contributed by atoms with van der Waals surface area (Å²) in [5, 5.41) is 14.7. The molecule has 2 N–H and O–H groups in total. The van der Waals surface area contributed by atoms with Gasteiger partial charge in [0.05, 0.1) is 11.6 Å². The van der Waals surface area contributed by atoms with Crippen molar-refractivity contribution in [1.82, 2.24) is 29.8 Å². The Morgan fingerprint density at radius 1 is 0.650 bits per heavy atom. The molecule has 2 aliphatic heterocycles. The summed E-state index contributed by atoms with van der Waals surface area (Å²) in [4.78, 5) is 141. The highest BCUT2D eigenvalue weighted by Gasteiger charge is 2.47. The van der Waals surface area contributed by atoms with Gasteiger partial charge in [0.25, 0.3) is 5.91 Å². The first kappa shape index (κ1) is 67.3. The molecule has 2 bridgehead atoms. The molecule has 11 atom stereocenters. The fourth-order valence-corrected chi connectivity index (χ4v) is 12.0. The minimum absolute atomic E-state index is 0.0238. The van der Waals surface area contributed by atoms with Crippen LogP contribution in [0.4, 0.5) is 0 Å². The van der Waals surface area contributed by atoms with Crippen LogP contribution in [0, 0.1) is 50.9 Å². The van der Waals surface area contributed by atoms with E-state index in [1.165, 1.54) is 49.7 Å². The van der Waals surface area contributed by atoms with E-state index < -0.39 is 113 Å². The topological polar surface area (TPSA) is 211 Å². The lowest BCUT2D eigenvalue weighted by Gasteiger charge is -2.39. The molecule has 2 fully saturated rings. The number of amides is 6. The van der Waals surface area contributed by atoms with E-state index in [0.29, 0.717) is 24.8 Å². The highest BCUT2D eigenvalue weighted by Crippen LogP contribution is 2.32. The smallest absolute Gasteiger partial charge is 0.332 e. The maximum atomic E-state index is 15.2. The van der Waals surface area contributed by atoms with Crippen LogP contribution >= 0.6 is 22.6 Å². The van der Waals surface area contributed by atoms with Gasteiger partial charge in [0.2, 0.25) is 29.5 Å². The average molecular weight is 1230 g/mol. The molecule has 2 heterocycles. The highest BCUT2D eigenvalue weighted by atomic mass is 127. The summed E-state index contributed by atoms with van der Waals surface area (Å²) >= 11 is 2.20. The molecule has 2 saturated heterocycles. The van der Waals surface area contributed by atoms with Crippen LogP contribution in [0.2, 0.25) is 0 Å². The number of benzene rings is 2. The molecule has 6 amide bonds. The van der Waals surface area contributed by atoms with Crippen molar-refractivity contribution in [2.24, 2.45) is 47.3 Å². The summed E-state index contributed by atoms with van der Waals surface area (Å²) in [6, 6.07) is 10.5. The number of aliphatic hydroxyl groups is 1. The zero-order valence-corrected chi connectivity index (χ0v) is 52.7. The quantitative estimate of drug-likeness (QED) is 0.154. The molecule has 2 aliphatic rings. The molecule has 0 spiro atoms. The largest absolute Gasteiger partial charge is 0.450 e. The van der Waals surface area contributed by atoms with Crippen molar-refractivity contribution >= 4 is 75.6 Å². The monoisotopic (exact) mass is 1220 g/mol. The van der Waals surface area contributed by atoms with Crippen molar-refractivity contribution in [3.05, 3.63) is 69.3 Å². The first-order valence-electron chi connectivity index (χ1n) is 28.8. The van der Waals surface area contributed by atoms with Crippen LogP contribution in [0.1, 0.15) is 133 Å². The zero-order valence-electron chi connectivity index (χ0n) is 50.5. The Bertz CT molecular complexity index is 2480. The van der Waals surface area contributed by atoms with E-state index in [9.17, 15) is 38.7 Å². The Balaban J connectivity index is 1.94. The number of carbonyl (C=O) groups excluding carboxylic acids is 9. The number of rotatable bonds is 13. The fourth-order valence-electron chi connectivity index (χ4n) is 11.6. The predicted molar refractivity (Wildman–Crippen MR) is 316 cm³/mol. The van der Waals surface area contributed by atoms with Gasteiger partial charge in [-0.3, -0.25) is 38.4 Å². The summed E-state index contributed by atoms with van der Waals surface area (Å²) in [5.41, 5.74) is -0.443. The highest BCUT2D eigenvalue weighted by molar-refractivity contribution is 14.1. The summed E-state index contributed by atoms with van der Waals surface area (Å²) < 4.78 is 7.10. The van der Waals surface area contributed by atoms with Gasteiger partial charge in [-0.25, -0.2) is 4.79 Å². The van der Waals surface area contributed by atoms with Crippen LogP contribution in [0.15, 0.2) is 54.6 Å². The second-order valence-electron chi connectivity index (χ2n) is 24.5. The molecule has 17 nitrogen and oxygen atoms in total. The van der Waals surface area contributed by atoms with Crippen molar-refractivity contribution in [2.45, 2.75) is 176 Å². The van der Waals surface area contributed by atoms with E-state index in [1.54, 1.807) is 32.7 Å². The predicted octanol–water partition coefficient (Wildman–Crippen LogP) is 7.02. The number of hydrogen-bond donors (Lipinski definition) is 2. The van der Waals surface area contributed by atoms with Crippen molar-refractivity contribution in [2.75, 3.05) is 41.3 Å². The fraction of sp³-hybridized carbons (Fsp3) is 0.661. The molecule has 0 aliphatic carbocycles. The number of cyclic esters (lactones) is 1. The van der Waals surface area contributed by atoms with E-state index in [4.69, 9.17) is 4.74 Å². The lowest BCUT2D eigenvalue weighted by Crippen LogP contribution is -2.61. The van der Waals surface area contributed by atoms with E-state index >= 15 is 9.59 Å². The molecule has 2 aromatic carbocycles. The Morgan fingerprint density at radius 3 is 1.75 bits per heavy atom. The summed E-state index contributed by atoms with van der Waals surface area (Å²) in [6.07, 6.45) is -0.334. The molecule has 0 radical (unpaired) electrons. The number of ketones is 2. The van der Waals surface area contributed by atoms with Crippen LogP contribution in [0.5, 0.6) is 0 Å². The van der Waals surface area contributed by atoms with Gasteiger partial charge in [-0.2, -0.15) is 0 Å². The van der Waals surface area contributed by atoms with Crippen molar-refractivity contribution < 1.29 is 53.0 Å². The summed E-state index contributed by atoms with van der Waals surface area (Å²) in [5.74, 6) is -9.42. The average Bonchev–Trinajstić information content (AvgIpc) is 3.91. The third-order valence-electron chi connectivity index (χ3n) is 16.6. The maximum absolute atomic E-state index is 15.2. The van der Waals surface area contributed by atoms with Crippen LogP contribution in [0.25, 0.3) is 0 Å². The normalized spacial score (nSPS) is 26.5. The maximum Gasteiger partial charge on any atom is 0.332 e. The minimum Gasteiger partial charge on any atom is -0.450 e. The van der Waals surface area contributed by atoms with Crippen LogP contribution in [-0.2, 0) is 60.7 Å². The molecule has 444 valence electrons. The Labute approximate surface area is 490 Å². The number of hydrogen-bond acceptors (Lipinski definition) is 11. The van der Waals surface area contributed by atoms with Gasteiger partial charge in [0.1, 0.15) is 23.9 Å². The molecule has 80 heavy (non-hydrogen) atoms. The molecular weight excluding hydrogens is 1130 g/mol. The van der Waals surface area contributed by atoms with Gasteiger partial charge in [0.15, 0.2) is 17.9 Å². The standard InChI is InChI=1S/C62H93IN6O11/c1-17-39(9)46-34-49(70)43-28-29-69(35-43)59(76)48(32-42-24-26-45(63)27-25-42)65(13)58(75)47(31-41-22-20-19-21-23-41)64-55(72)52(38(7)8)67(15)60(77)53(40(10)18-2)80-61(78)54(62(11,12)79)68(16)56(73)44(30-36(3)4)33-50(71)51(37(5)6)66(14)57(46)74/h19-27,36-40,43-44,46-48,51-54,79H,17-18,28-35H2,1-16H3,(H,64,72)/t39?,40?,43-,44-,46+,47+,48+,51+,52+,53-,54-/m1/s1. The number of ether oxygens (including phenoxy) is 1. The van der Waals surface area contributed by atoms with Crippen LogP contribution < -0.4 is 5.32 Å². The lowest BCUT2D eigenvalue weighted by atomic mass is 9.82. The van der Waals surface area contributed by atoms with Crippen LogP contribution in [0.3, 0.4) is 0 Å². The molecule has 4 rings (SSSR count). The number of nitrogens with zero attached hydrogens (tertiary/aromatic N) is 5. The first-order valence-corrected chi connectivity index (χ1v) is 29.9. The minimum atomic E-state index is -1.94. The van der Waals surface area contributed by atoms with Crippen molar-refractivity contribution in [1.29, 1.82) is 0 Å². The third kappa shape index (κ3) is 17.2. The van der Waals surface area contributed by atoms with Gasteiger partial charge in [-0.05, 0) is 103 Å². The van der Waals surface area contributed by atoms with Crippen LogP contribution in [-0.4, -0.2) is 166 Å². The first-order chi connectivity index (χ1) is 37.4. The number of Topliss-reactive ketones (excluding diaryl/α,β-unsaturated/α-hetero) is 2. The summed E-state index contributed by atoms with van der Waals surface area (Å²) in [7, 11) is 5.87. The molecule has 18 heteroatoms. The second-order valence-corrected chi connectivity index (χ2v) is 25.7. The number of fused-ring (bicyclic) bond motifs is 2. The van der Waals surface area contributed by atoms with Gasteiger partial charge in [-0.15, -0.1) is 0 Å². The molecular formula is C62H93IN6O11. The van der Waals surface area contributed by atoms with Crippen molar-refractivity contribution in [3.63, 3.8) is 0 Å². The molecule has 0 aromatic heterocycles. The van der Waals surface area contributed by atoms with Gasteiger partial charge < -0.3 is 39.7 Å². The number of nitrogens with one attached hydrogen (secondary N) is 1. The van der Waals surface area contributed by atoms with E-state index in [-0.39, 0.29) is 74.5 Å². The molecule has 2 unspecified atom stereocenters. The molecule has 2 aromatic rings. The SMILES string of the molecule is CCC(C)[C@@H]1CC(=O)[C@@H]2CCN(C2)C(=O)[C@H](Cc2ccc(I)cc2)N(C)C(=O)[C@H](Cc2ccccc2)NC(=O)[C@H](C(C)C)N(C)C(=O)[C@@H](C(C)CC)OC(=O)[C@H](C(C)(C)O)N(C)C(=O)[C@H](CC(C)C)CC(=O)[C@H](C(C)C)N(C)C1=O. The summed E-state index contributed by atoms with van der Waals surface area (Å²) in [6.45, 7) is 21.3. The van der Waals surface area contributed by atoms with E-state index in [2.05, 4.69) is 27.9 Å². The number of halogens is 1. The number of esters is 1. The zero-order chi connectivity index (χ0) is 60.2. The Hall–Kier alpha value is -5.24. The molecule has 0 saturated carbocycles. The second kappa shape index (κ2) is 29.7. The Morgan fingerprint density at radius 2 is 1.21 bits per heavy atom. The van der Waals surface area contributed by atoms with E-state index in [1.807, 2.05) is 103 Å². The van der Waals surface area contributed by atoms with Gasteiger partial charge in [-0.1, -0.05) is 118 Å².